The molecule has 0 saturated heterocycles. The molecular formula is C17H28N2. The number of nitrogens with two attached hydrogens (primary N) is 1. The molecule has 0 atom stereocenters. The van der Waals surface area contributed by atoms with Crippen molar-refractivity contribution in [3.8, 4) is 0 Å². The van der Waals surface area contributed by atoms with Crippen molar-refractivity contribution in [2.24, 2.45) is 5.73 Å². The Balaban J connectivity index is 2.55. The Morgan fingerprint density at radius 1 is 1.05 bits per heavy atom. The largest absolute Gasteiger partial charge is 0.377 e. The maximum atomic E-state index is 6.21. The number of aryl methyl sites for hydroxylation is 2. The van der Waals surface area contributed by atoms with Crippen LogP contribution in [0.25, 0.3) is 0 Å². The fraction of sp³-hybridized carbons (Fsp3) is 0.647. The Bertz CT molecular complexity index is 443. The van der Waals surface area contributed by atoms with Crippen molar-refractivity contribution < 1.29 is 0 Å². The van der Waals surface area contributed by atoms with Crippen molar-refractivity contribution in [3.63, 3.8) is 0 Å². The quantitative estimate of drug-likeness (QED) is 0.901. The average molecular weight is 260 g/mol. The van der Waals surface area contributed by atoms with Crippen LogP contribution in [-0.4, -0.2) is 20.6 Å². The van der Waals surface area contributed by atoms with Gasteiger partial charge >= 0.3 is 0 Å². The van der Waals surface area contributed by atoms with Crippen LogP contribution in [0.4, 0.5) is 5.69 Å². The summed E-state index contributed by atoms with van der Waals surface area (Å²) in [6.07, 6.45) is 6.48. The topological polar surface area (TPSA) is 29.3 Å². The van der Waals surface area contributed by atoms with Gasteiger partial charge in [-0.05, 0) is 49.4 Å². The minimum atomic E-state index is 0.205. The molecule has 0 amide bonds. The maximum Gasteiger partial charge on any atom is 0.0402 e. The molecule has 0 bridgehead atoms. The molecule has 1 aliphatic rings. The number of hydrogen-bond donors (Lipinski definition) is 1. The summed E-state index contributed by atoms with van der Waals surface area (Å²) in [5, 5.41) is 0. The summed E-state index contributed by atoms with van der Waals surface area (Å²) in [5.74, 6) is 0. The monoisotopic (exact) mass is 260 g/mol. The first-order valence-electron chi connectivity index (χ1n) is 7.49. The molecule has 0 unspecified atom stereocenters. The van der Waals surface area contributed by atoms with Crippen molar-refractivity contribution in [2.45, 2.75) is 51.4 Å². The summed E-state index contributed by atoms with van der Waals surface area (Å²) in [6, 6.07) is 4.72. The van der Waals surface area contributed by atoms with Gasteiger partial charge in [-0.15, -0.1) is 0 Å². The van der Waals surface area contributed by atoms with Crippen molar-refractivity contribution in [1.82, 2.24) is 0 Å². The molecule has 106 valence electrons. The van der Waals surface area contributed by atoms with Gasteiger partial charge in [0.05, 0.1) is 0 Å². The molecule has 0 aliphatic heterocycles. The van der Waals surface area contributed by atoms with E-state index < -0.39 is 0 Å². The number of hydrogen-bond acceptors (Lipinski definition) is 2. The third-order valence-electron chi connectivity index (χ3n) is 4.87. The minimum Gasteiger partial charge on any atom is -0.377 e. The van der Waals surface area contributed by atoms with Gasteiger partial charge in [-0.1, -0.05) is 25.3 Å². The number of rotatable bonds is 3. The number of anilines is 1. The van der Waals surface area contributed by atoms with Crippen molar-refractivity contribution in [1.29, 1.82) is 0 Å². The van der Waals surface area contributed by atoms with E-state index in [9.17, 15) is 0 Å². The van der Waals surface area contributed by atoms with Gasteiger partial charge < -0.3 is 10.6 Å². The molecule has 1 aliphatic carbocycles. The Hall–Kier alpha value is -1.02. The van der Waals surface area contributed by atoms with E-state index in [1.165, 1.54) is 54.5 Å². The van der Waals surface area contributed by atoms with Crippen molar-refractivity contribution in [3.05, 3.63) is 28.8 Å². The highest BCUT2D eigenvalue weighted by atomic mass is 15.1. The molecule has 1 fully saturated rings. The van der Waals surface area contributed by atoms with Crippen LogP contribution in [0, 0.1) is 13.8 Å². The van der Waals surface area contributed by atoms with E-state index in [2.05, 4.69) is 45.0 Å². The van der Waals surface area contributed by atoms with E-state index in [1.54, 1.807) is 0 Å². The molecule has 2 nitrogen and oxygen atoms in total. The van der Waals surface area contributed by atoms with E-state index in [0.29, 0.717) is 0 Å². The first-order chi connectivity index (χ1) is 9.00. The fourth-order valence-electron chi connectivity index (χ4n) is 3.41. The van der Waals surface area contributed by atoms with Gasteiger partial charge in [-0.2, -0.15) is 0 Å². The second kappa shape index (κ2) is 5.54. The zero-order valence-corrected chi connectivity index (χ0v) is 12.9. The van der Waals surface area contributed by atoms with Gasteiger partial charge in [0.15, 0.2) is 0 Å². The Labute approximate surface area is 118 Å². The SMILES string of the molecule is Cc1cc(N(C)C)c(C2(CN)CCCCC2)cc1C. The normalized spacial score (nSPS) is 18.4. The van der Waals surface area contributed by atoms with Crippen molar-refractivity contribution >= 4 is 5.69 Å². The van der Waals surface area contributed by atoms with Gasteiger partial charge in [-0.3, -0.25) is 0 Å². The minimum absolute atomic E-state index is 0.205. The molecule has 0 aromatic heterocycles. The molecule has 0 radical (unpaired) electrons. The predicted molar refractivity (Wildman–Crippen MR) is 84.1 cm³/mol. The fourth-order valence-corrected chi connectivity index (χ4v) is 3.41. The van der Waals surface area contributed by atoms with Crippen LogP contribution in [0.5, 0.6) is 0 Å². The molecule has 1 saturated carbocycles. The number of benzene rings is 1. The van der Waals surface area contributed by atoms with E-state index in [1.807, 2.05) is 0 Å². The van der Waals surface area contributed by atoms with Crippen LogP contribution in [0.1, 0.15) is 48.8 Å². The lowest BCUT2D eigenvalue weighted by molar-refractivity contribution is 0.301. The van der Waals surface area contributed by atoms with E-state index in [4.69, 9.17) is 5.73 Å². The molecule has 2 rings (SSSR count). The van der Waals surface area contributed by atoms with Gasteiger partial charge in [0.2, 0.25) is 0 Å². The van der Waals surface area contributed by atoms with Crippen LogP contribution in [0.3, 0.4) is 0 Å². The lowest BCUT2D eigenvalue weighted by atomic mass is 9.68. The maximum absolute atomic E-state index is 6.21. The molecule has 0 heterocycles. The van der Waals surface area contributed by atoms with Crippen molar-refractivity contribution in [2.75, 3.05) is 25.5 Å². The van der Waals surface area contributed by atoms with Gasteiger partial charge in [-0.25, -0.2) is 0 Å². The first kappa shape index (κ1) is 14.4. The van der Waals surface area contributed by atoms with E-state index in [0.717, 1.165) is 6.54 Å². The van der Waals surface area contributed by atoms with Crippen LogP contribution in [-0.2, 0) is 5.41 Å². The van der Waals surface area contributed by atoms with Crippen LogP contribution in [0.15, 0.2) is 12.1 Å². The molecule has 19 heavy (non-hydrogen) atoms. The van der Waals surface area contributed by atoms with Crippen LogP contribution < -0.4 is 10.6 Å². The summed E-state index contributed by atoms with van der Waals surface area (Å²) in [7, 11) is 4.28. The standard InChI is InChI=1S/C17H28N2/c1-13-10-15(16(19(3)4)11-14(13)2)17(12-18)8-6-5-7-9-17/h10-11H,5-9,12,18H2,1-4H3. The summed E-state index contributed by atoms with van der Waals surface area (Å²) < 4.78 is 0. The lowest BCUT2D eigenvalue weighted by Crippen LogP contribution is -2.38. The molecular weight excluding hydrogens is 232 g/mol. The Morgan fingerprint density at radius 2 is 1.63 bits per heavy atom. The Morgan fingerprint density at radius 3 is 2.16 bits per heavy atom. The van der Waals surface area contributed by atoms with Gasteiger partial charge in [0, 0.05) is 31.7 Å². The predicted octanol–water partition coefficient (Wildman–Crippen LogP) is 3.53. The van der Waals surface area contributed by atoms with Crippen LogP contribution in [0.2, 0.25) is 0 Å². The first-order valence-corrected chi connectivity index (χ1v) is 7.49. The van der Waals surface area contributed by atoms with Gasteiger partial charge in [0.1, 0.15) is 0 Å². The zero-order valence-electron chi connectivity index (χ0n) is 12.9. The van der Waals surface area contributed by atoms with E-state index >= 15 is 0 Å². The third kappa shape index (κ3) is 2.64. The molecule has 1 aromatic rings. The number of nitrogens with zero attached hydrogens (tertiary/aromatic N) is 1. The lowest BCUT2D eigenvalue weighted by Gasteiger charge is -2.39. The van der Waals surface area contributed by atoms with E-state index in [-0.39, 0.29) is 5.41 Å². The Kier molecular flexibility index (Phi) is 4.19. The summed E-state index contributed by atoms with van der Waals surface area (Å²) in [5.41, 5.74) is 12.0. The highest BCUT2D eigenvalue weighted by Gasteiger charge is 2.35. The van der Waals surface area contributed by atoms with Crippen LogP contribution >= 0.6 is 0 Å². The highest BCUT2D eigenvalue weighted by molar-refractivity contribution is 5.59. The summed E-state index contributed by atoms with van der Waals surface area (Å²) >= 11 is 0. The summed E-state index contributed by atoms with van der Waals surface area (Å²) in [4.78, 5) is 2.24. The highest BCUT2D eigenvalue weighted by Crippen LogP contribution is 2.43. The average Bonchev–Trinajstić information content (AvgIpc) is 2.42. The molecule has 0 spiro atoms. The summed E-state index contributed by atoms with van der Waals surface area (Å²) in [6.45, 7) is 5.18. The second-order valence-corrected chi connectivity index (χ2v) is 6.39. The third-order valence-corrected chi connectivity index (χ3v) is 4.87. The molecule has 1 aromatic carbocycles. The molecule has 2 N–H and O–H groups in total. The second-order valence-electron chi connectivity index (χ2n) is 6.39. The molecule has 2 heteroatoms. The van der Waals surface area contributed by atoms with Gasteiger partial charge in [0.25, 0.3) is 0 Å². The zero-order chi connectivity index (χ0) is 14.0. The smallest absolute Gasteiger partial charge is 0.0402 e.